The van der Waals surface area contributed by atoms with Crippen LogP contribution in [0.15, 0.2) is 0 Å². The van der Waals surface area contributed by atoms with Crippen LogP contribution in [0.5, 0.6) is 0 Å². The number of fused-ring (bicyclic) bond motifs is 2. The molecule has 2 unspecified atom stereocenters. The van der Waals surface area contributed by atoms with E-state index in [1.54, 1.807) is 0 Å². The number of hydrogen-bond acceptors (Lipinski definition) is 5. The molecule has 0 saturated carbocycles. The van der Waals surface area contributed by atoms with Crippen molar-refractivity contribution >= 4 is 27.7 Å². The van der Waals surface area contributed by atoms with Crippen LogP contribution in [-0.2, 0) is 9.53 Å². The van der Waals surface area contributed by atoms with Gasteiger partial charge in [-0.2, -0.15) is 0 Å². The summed E-state index contributed by atoms with van der Waals surface area (Å²) in [5.41, 5.74) is 0.165. The topological polar surface area (TPSA) is 82.1 Å². The lowest BCUT2D eigenvalue weighted by molar-refractivity contribution is -0.119. The molecular weight excluding hydrogens is 344 g/mol. The Hall–Kier alpha value is -1.21. The highest BCUT2D eigenvalue weighted by Gasteiger charge is 2.47. The van der Waals surface area contributed by atoms with Crippen molar-refractivity contribution in [2.75, 3.05) is 26.2 Å². The molecule has 2 atom stereocenters. The second-order valence-corrected chi connectivity index (χ2v) is 8.95. The molecule has 4 saturated heterocycles. The lowest BCUT2D eigenvalue weighted by atomic mass is 9.66. The number of carbonyl (C=O) groups is 2. The molecule has 4 fully saturated rings. The molecule has 0 aromatic heterocycles. The van der Waals surface area contributed by atoms with Crippen LogP contribution in [0.2, 0.25) is 0 Å². The van der Waals surface area contributed by atoms with Gasteiger partial charge in [-0.05, 0) is 57.0 Å². The van der Waals surface area contributed by atoms with Gasteiger partial charge in [-0.25, -0.2) is 4.79 Å². The molecule has 4 radical (unpaired) electrons. The maximum Gasteiger partial charge on any atom is 0.410 e. The van der Waals surface area contributed by atoms with Gasteiger partial charge in [-0.15, -0.1) is 0 Å². The van der Waals surface area contributed by atoms with Crippen molar-refractivity contribution < 1.29 is 19.4 Å². The maximum absolute atomic E-state index is 12.4. The highest BCUT2D eigenvalue weighted by atomic mass is 16.6. The largest absolute Gasteiger partial charge is 0.448 e. The number of carbonyl (C=O) groups excluding carboxylic acids is 2. The second kappa shape index (κ2) is 6.99. The molecule has 7 nitrogen and oxygen atoms in total. The summed E-state index contributed by atoms with van der Waals surface area (Å²) in [7, 11) is 10.6. The Morgan fingerprint density at radius 1 is 1.22 bits per heavy atom. The zero-order chi connectivity index (χ0) is 19.2. The Labute approximate surface area is 163 Å². The predicted molar refractivity (Wildman–Crippen MR) is 100 cm³/mol. The van der Waals surface area contributed by atoms with Gasteiger partial charge >= 0.3 is 6.09 Å². The third kappa shape index (κ3) is 3.99. The Kier molecular flexibility index (Phi) is 4.95. The molecule has 2 bridgehead atoms. The fraction of sp³-hybridized carbons (Fsp3) is 0.889. The van der Waals surface area contributed by atoms with Gasteiger partial charge in [0, 0.05) is 36.5 Å². The minimum atomic E-state index is -1.99. The zero-order valence-corrected chi connectivity index (χ0v) is 15.7. The van der Waals surface area contributed by atoms with E-state index in [-0.39, 0.29) is 23.4 Å². The van der Waals surface area contributed by atoms with Crippen LogP contribution in [0, 0.1) is 5.41 Å². The molecule has 27 heavy (non-hydrogen) atoms. The van der Waals surface area contributed by atoms with Crippen molar-refractivity contribution in [3.05, 3.63) is 0 Å². The first-order valence-corrected chi connectivity index (χ1v) is 10.0. The number of piperidine rings is 2. The number of rotatable bonds is 3. The quantitative estimate of drug-likeness (QED) is 0.667. The molecule has 0 aliphatic carbocycles. The van der Waals surface area contributed by atoms with Crippen LogP contribution in [-0.4, -0.2) is 92.4 Å². The van der Waals surface area contributed by atoms with E-state index in [0.29, 0.717) is 12.5 Å². The van der Waals surface area contributed by atoms with Gasteiger partial charge in [0.1, 0.15) is 22.3 Å². The number of amides is 2. The third-order valence-corrected chi connectivity index (χ3v) is 6.92. The number of likely N-dealkylation sites (tertiary alicyclic amines) is 1. The van der Waals surface area contributed by atoms with Gasteiger partial charge in [-0.1, -0.05) is 0 Å². The van der Waals surface area contributed by atoms with Crippen LogP contribution in [0.3, 0.4) is 0 Å². The fourth-order valence-corrected chi connectivity index (χ4v) is 5.47. The molecule has 144 valence electrons. The smallest absolute Gasteiger partial charge is 0.410 e. The first kappa shape index (κ1) is 19.1. The maximum atomic E-state index is 12.4. The van der Waals surface area contributed by atoms with E-state index >= 15 is 0 Å². The molecule has 2 N–H and O–H groups in total. The van der Waals surface area contributed by atoms with Gasteiger partial charge in [0.15, 0.2) is 0 Å². The fourth-order valence-electron chi connectivity index (χ4n) is 5.47. The molecule has 2 amide bonds. The molecule has 4 heterocycles. The Bertz CT molecular complexity index is 590. The molecule has 9 heteroatoms. The van der Waals surface area contributed by atoms with Crippen LogP contribution >= 0.6 is 0 Å². The minimum Gasteiger partial charge on any atom is -0.448 e. The monoisotopic (exact) mass is 371 g/mol. The van der Waals surface area contributed by atoms with Crippen LogP contribution in [0.1, 0.15) is 44.9 Å². The molecule has 1 spiro atoms. The highest BCUT2D eigenvalue weighted by molar-refractivity contribution is 6.38. The summed E-state index contributed by atoms with van der Waals surface area (Å²) in [4.78, 5) is 28.4. The Morgan fingerprint density at radius 3 is 2.37 bits per heavy atom. The molecule has 4 aliphatic rings. The van der Waals surface area contributed by atoms with Gasteiger partial charge in [0.05, 0.1) is 0 Å². The SMILES string of the molecule is [B]C([B])(O)COC(=O)N1C2CCC1CC(N1CCC3(CC1)CNC(=O)C3)C2. The standard InChI is InChI=1S/C18H27B2N3O4/c19-18(20,26)11-27-16(25)23-12-1-2-13(23)8-14(7-12)22-5-3-17(4-6-22)9-15(24)21-10-17/h12-14,26H,1-11H2,(H,21,24). The van der Waals surface area contributed by atoms with E-state index in [1.165, 1.54) is 0 Å². The third-order valence-electron chi connectivity index (χ3n) is 6.92. The summed E-state index contributed by atoms with van der Waals surface area (Å²) in [6.07, 6.45) is 6.25. The van der Waals surface area contributed by atoms with E-state index in [9.17, 15) is 14.7 Å². The van der Waals surface area contributed by atoms with E-state index in [0.717, 1.165) is 58.2 Å². The van der Waals surface area contributed by atoms with E-state index in [4.69, 9.17) is 20.4 Å². The van der Waals surface area contributed by atoms with Gasteiger partial charge in [0.2, 0.25) is 5.91 Å². The summed E-state index contributed by atoms with van der Waals surface area (Å²) in [5.74, 6) is 0.190. The summed E-state index contributed by atoms with van der Waals surface area (Å²) in [6, 6.07) is 0.834. The normalized spacial score (nSPS) is 33.3. The number of aliphatic hydroxyl groups is 1. The average molecular weight is 371 g/mol. The molecule has 4 aliphatic heterocycles. The van der Waals surface area contributed by atoms with Crippen molar-refractivity contribution in [2.24, 2.45) is 5.41 Å². The van der Waals surface area contributed by atoms with Crippen LogP contribution in [0.4, 0.5) is 4.79 Å². The van der Waals surface area contributed by atoms with Gasteiger partial charge < -0.3 is 25.0 Å². The Morgan fingerprint density at radius 2 is 1.85 bits per heavy atom. The first-order valence-electron chi connectivity index (χ1n) is 10.0. The van der Waals surface area contributed by atoms with Crippen molar-refractivity contribution in [2.45, 2.75) is 68.5 Å². The van der Waals surface area contributed by atoms with Gasteiger partial charge in [-0.3, -0.25) is 4.79 Å². The van der Waals surface area contributed by atoms with Gasteiger partial charge in [0.25, 0.3) is 0 Å². The molecule has 4 rings (SSSR count). The summed E-state index contributed by atoms with van der Waals surface area (Å²) < 4.78 is 5.12. The van der Waals surface area contributed by atoms with Crippen LogP contribution < -0.4 is 5.32 Å². The lowest BCUT2D eigenvalue weighted by Gasteiger charge is -2.46. The summed E-state index contributed by atoms with van der Waals surface area (Å²) in [6.45, 7) is 2.46. The average Bonchev–Trinajstić information content (AvgIpc) is 3.09. The summed E-state index contributed by atoms with van der Waals surface area (Å²) >= 11 is 0. The van der Waals surface area contributed by atoms with Crippen molar-refractivity contribution in [1.29, 1.82) is 0 Å². The number of ether oxygens (including phenoxy) is 1. The van der Waals surface area contributed by atoms with Crippen LogP contribution in [0.25, 0.3) is 0 Å². The van der Waals surface area contributed by atoms with E-state index in [1.807, 2.05) is 4.90 Å². The zero-order valence-electron chi connectivity index (χ0n) is 15.7. The predicted octanol–water partition coefficient (Wildman–Crippen LogP) is -0.296. The van der Waals surface area contributed by atoms with E-state index in [2.05, 4.69) is 10.2 Å². The Balaban J connectivity index is 1.31. The molecule has 0 aromatic carbocycles. The van der Waals surface area contributed by atoms with E-state index < -0.39 is 18.1 Å². The lowest BCUT2D eigenvalue weighted by Crippen LogP contribution is -2.55. The summed E-state index contributed by atoms with van der Waals surface area (Å²) in [5, 5.41) is 10.4. The van der Waals surface area contributed by atoms with Crippen molar-refractivity contribution in [1.82, 2.24) is 15.1 Å². The second-order valence-electron chi connectivity index (χ2n) is 8.95. The first-order chi connectivity index (χ1) is 12.7. The number of hydrogen-bond donors (Lipinski definition) is 2. The number of nitrogens with one attached hydrogen (secondary N) is 1. The number of nitrogens with zero attached hydrogens (tertiary/aromatic N) is 2. The molecule has 0 aromatic rings. The minimum absolute atomic E-state index is 0.165. The van der Waals surface area contributed by atoms with Crippen molar-refractivity contribution in [3.8, 4) is 0 Å². The van der Waals surface area contributed by atoms with Crippen molar-refractivity contribution in [3.63, 3.8) is 0 Å². The highest BCUT2D eigenvalue weighted by Crippen LogP contribution is 2.42. The molecular formula is C18H27B2N3O4.